The molecule has 0 N–H and O–H groups in total. The van der Waals surface area contributed by atoms with Gasteiger partial charge in [0.05, 0.1) is 37.4 Å². The molecule has 190 valence electrons. The maximum Gasteiger partial charge on any atom is 0.164 e. The predicted molar refractivity (Wildman–Crippen MR) is 158 cm³/mol. The van der Waals surface area contributed by atoms with Crippen LogP contribution in [-0.4, -0.2) is 20.5 Å². The van der Waals surface area contributed by atoms with Gasteiger partial charge in [-0.3, -0.25) is 0 Å². The topological polar surface area (TPSA) is 33.4 Å². The summed E-state index contributed by atoms with van der Waals surface area (Å²) in [4.78, 5) is 7.03. The number of amidine groups is 1. The van der Waals surface area contributed by atoms with E-state index < -0.39 is 0 Å². The molecular weight excluding hydrogens is 558 g/mol. The molecule has 0 radical (unpaired) electrons. The van der Waals surface area contributed by atoms with Gasteiger partial charge < -0.3 is 4.90 Å². The lowest BCUT2D eigenvalue weighted by Gasteiger charge is -2.37. The van der Waals surface area contributed by atoms with Gasteiger partial charge in [-0.25, -0.2) is 9.67 Å². The number of nitrogens with zero attached hydrogens (tertiary/aromatic N) is 4. The highest BCUT2D eigenvalue weighted by Crippen LogP contribution is 2.48. The summed E-state index contributed by atoms with van der Waals surface area (Å²) >= 11 is 26.0. The van der Waals surface area contributed by atoms with Gasteiger partial charge in [0.25, 0.3) is 0 Å². The zero-order valence-corrected chi connectivity index (χ0v) is 23.4. The standard InChI is InChI=1S/C30H22Cl4N4/c1-2-6-18-9-11-19(12-10-18)27-26-28(20-13-14-23(32)24(33)15-20)37-17-21(31)16-25(34)29(37)35-30(26)38(36-27)22-7-4-3-5-8-22/h3-5,7-17,28H,2,6H2,1H3. The van der Waals surface area contributed by atoms with Crippen LogP contribution in [0.1, 0.15) is 36.1 Å². The number of halogens is 4. The Morgan fingerprint density at radius 3 is 2.34 bits per heavy atom. The number of aliphatic imine (C=N–C) groups is 1. The van der Waals surface area contributed by atoms with Crippen LogP contribution in [-0.2, 0) is 6.42 Å². The van der Waals surface area contributed by atoms with Gasteiger partial charge in [0.15, 0.2) is 11.7 Å². The Hall–Kier alpha value is -3.02. The fourth-order valence-corrected chi connectivity index (χ4v) is 5.79. The molecule has 0 spiro atoms. The van der Waals surface area contributed by atoms with Crippen molar-refractivity contribution in [2.45, 2.75) is 25.8 Å². The summed E-state index contributed by atoms with van der Waals surface area (Å²) in [5.74, 6) is 1.28. The Morgan fingerprint density at radius 1 is 0.868 bits per heavy atom. The summed E-state index contributed by atoms with van der Waals surface area (Å²) in [5, 5.41) is 7.03. The molecule has 0 fully saturated rings. The molecule has 8 heteroatoms. The second kappa shape index (κ2) is 10.3. The van der Waals surface area contributed by atoms with Crippen molar-refractivity contribution in [2.75, 3.05) is 0 Å². The van der Waals surface area contributed by atoms with E-state index in [4.69, 9.17) is 56.5 Å². The van der Waals surface area contributed by atoms with E-state index in [2.05, 4.69) is 31.2 Å². The molecule has 2 aliphatic rings. The zero-order chi connectivity index (χ0) is 26.4. The molecular formula is C30H22Cl4N4. The number of aromatic nitrogens is 2. The molecule has 4 nitrogen and oxygen atoms in total. The predicted octanol–water partition coefficient (Wildman–Crippen LogP) is 9.45. The summed E-state index contributed by atoms with van der Waals surface area (Å²) in [6.45, 7) is 2.18. The smallest absolute Gasteiger partial charge is 0.164 e. The Labute approximate surface area is 241 Å². The first-order chi connectivity index (χ1) is 18.4. The Bertz CT molecular complexity index is 1620. The summed E-state index contributed by atoms with van der Waals surface area (Å²) in [7, 11) is 0. The summed E-state index contributed by atoms with van der Waals surface area (Å²) in [6, 6.07) is 23.8. The fourth-order valence-electron chi connectivity index (χ4n) is 4.96. The third-order valence-corrected chi connectivity index (χ3v) is 7.90. The molecule has 6 rings (SSSR count). The van der Waals surface area contributed by atoms with Crippen LogP contribution in [0.15, 0.2) is 100 Å². The van der Waals surface area contributed by atoms with Crippen LogP contribution in [0.2, 0.25) is 10.0 Å². The first-order valence-corrected chi connectivity index (χ1v) is 13.8. The van der Waals surface area contributed by atoms with Crippen molar-refractivity contribution in [3.05, 3.63) is 122 Å². The first-order valence-electron chi connectivity index (χ1n) is 12.3. The van der Waals surface area contributed by atoms with E-state index in [-0.39, 0.29) is 6.04 Å². The normalized spacial score (nSPS) is 16.4. The average molecular weight is 580 g/mol. The molecule has 3 aromatic carbocycles. The molecule has 3 heterocycles. The highest BCUT2D eigenvalue weighted by atomic mass is 35.5. The minimum Gasteiger partial charge on any atom is -0.318 e. The third-order valence-electron chi connectivity index (χ3n) is 6.67. The highest BCUT2D eigenvalue weighted by Gasteiger charge is 2.39. The SMILES string of the molecule is CCCc1ccc(-c2nn(-c3ccccc3)c3c2C(c2ccc(Cl)c(Cl)c2)N2C=C(Cl)C=C(Cl)C2=N3)cc1. The number of hydrogen-bond donors (Lipinski definition) is 0. The summed E-state index contributed by atoms with van der Waals surface area (Å²) < 4.78 is 1.88. The maximum absolute atomic E-state index is 6.72. The van der Waals surface area contributed by atoms with Crippen LogP contribution in [0.4, 0.5) is 5.82 Å². The molecule has 0 saturated heterocycles. The van der Waals surface area contributed by atoms with Crippen molar-refractivity contribution in [1.29, 1.82) is 0 Å². The van der Waals surface area contributed by atoms with Crippen LogP contribution < -0.4 is 0 Å². The molecule has 2 aliphatic heterocycles. The van der Waals surface area contributed by atoms with E-state index in [9.17, 15) is 0 Å². The Balaban J connectivity index is 1.66. The van der Waals surface area contributed by atoms with Gasteiger partial charge in [0, 0.05) is 11.8 Å². The zero-order valence-electron chi connectivity index (χ0n) is 20.4. The molecule has 0 saturated carbocycles. The van der Waals surface area contributed by atoms with E-state index >= 15 is 0 Å². The number of fused-ring (bicyclic) bond motifs is 2. The molecule has 4 aromatic rings. The van der Waals surface area contributed by atoms with Crippen molar-refractivity contribution >= 4 is 58.1 Å². The molecule has 0 amide bonds. The van der Waals surface area contributed by atoms with E-state index in [1.54, 1.807) is 12.1 Å². The monoisotopic (exact) mass is 578 g/mol. The molecule has 0 bridgehead atoms. The van der Waals surface area contributed by atoms with E-state index in [0.717, 1.165) is 40.9 Å². The van der Waals surface area contributed by atoms with Crippen LogP contribution in [0.5, 0.6) is 0 Å². The van der Waals surface area contributed by atoms with Gasteiger partial charge in [0.1, 0.15) is 5.69 Å². The van der Waals surface area contributed by atoms with Crippen molar-refractivity contribution < 1.29 is 0 Å². The molecule has 1 atom stereocenters. The number of rotatable bonds is 5. The molecule has 1 unspecified atom stereocenters. The highest BCUT2D eigenvalue weighted by molar-refractivity contribution is 6.45. The molecule has 38 heavy (non-hydrogen) atoms. The summed E-state index contributed by atoms with van der Waals surface area (Å²) in [5.41, 5.74) is 5.83. The molecule has 1 aromatic heterocycles. The van der Waals surface area contributed by atoms with Crippen LogP contribution >= 0.6 is 46.4 Å². The molecule has 0 aliphatic carbocycles. The van der Waals surface area contributed by atoms with Crippen molar-refractivity contribution in [2.24, 2.45) is 4.99 Å². The van der Waals surface area contributed by atoms with Crippen molar-refractivity contribution in [3.63, 3.8) is 0 Å². The number of benzene rings is 3. The van der Waals surface area contributed by atoms with Gasteiger partial charge in [-0.2, -0.15) is 5.10 Å². The number of allylic oxidation sites excluding steroid dienone is 2. The van der Waals surface area contributed by atoms with Crippen LogP contribution in [0.25, 0.3) is 16.9 Å². The second-order valence-corrected chi connectivity index (χ2v) is 10.9. The van der Waals surface area contributed by atoms with Gasteiger partial charge in [-0.1, -0.05) is 108 Å². The van der Waals surface area contributed by atoms with Crippen LogP contribution in [0.3, 0.4) is 0 Å². The minimum atomic E-state index is -0.355. The van der Waals surface area contributed by atoms with E-state index in [1.165, 1.54) is 5.56 Å². The minimum absolute atomic E-state index is 0.355. The lowest BCUT2D eigenvalue weighted by atomic mass is 9.92. The van der Waals surface area contributed by atoms with Crippen LogP contribution in [0, 0.1) is 0 Å². The van der Waals surface area contributed by atoms with Gasteiger partial charge in [-0.05, 0) is 47.9 Å². The maximum atomic E-state index is 6.72. The van der Waals surface area contributed by atoms with Crippen molar-refractivity contribution in [3.8, 4) is 16.9 Å². The van der Waals surface area contributed by atoms with E-state index in [1.807, 2.05) is 58.2 Å². The van der Waals surface area contributed by atoms with E-state index in [0.29, 0.717) is 31.8 Å². The second-order valence-electron chi connectivity index (χ2n) is 9.21. The number of hydrogen-bond acceptors (Lipinski definition) is 3. The van der Waals surface area contributed by atoms with Crippen molar-refractivity contribution in [1.82, 2.24) is 14.7 Å². The Kier molecular flexibility index (Phi) is 6.83. The Morgan fingerprint density at radius 2 is 1.63 bits per heavy atom. The van der Waals surface area contributed by atoms with Gasteiger partial charge in [0.2, 0.25) is 0 Å². The average Bonchev–Trinajstić information content (AvgIpc) is 3.30. The number of para-hydroxylation sites is 1. The summed E-state index contributed by atoms with van der Waals surface area (Å²) in [6.07, 6.45) is 5.66. The fraction of sp³-hybridized carbons (Fsp3) is 0.133. The first kappa shape index (κ1) is 25.3. The lowest BCUT2D eigenvalue weighted by Crippen LogP contribution is -2.35. The lowest BCUT2D eigenvalue weighted by molar-refractivity contribution is 0.462. The quantitative estimate of drug-likeness (QED) is 0.236. The number of aryl methyl sites for hydroxylation is 1. The largest absolute Gasteiger partial charge is 0.318 e. The van der Waals surface area contributed by atoms with Gasteiger partial charge in [-0.15, -0.1) is 0 Å². The van der Waals surface area contributed by atoms with Gasteiger partial charge >= 0.3 is 0 Å². The third kappa shape index (κ3) is 4.46.